The monoisotopic (exact) mass is 274 g/mol. The van der Waals surface area contributed by atoms with Crippen LogP contribution >= 0.6 is 0 Å². The van der Waals surface area contributed by atoms with Gasteiger partial charge in [-0.3, -0.25) is 9.59 Å². The van der Waals surface area contributed by atoms with E-state index in [1.54, 1.807) is 24.1 Å². The molecule has 1 saturated carbocycles. The number of rotatable bonds is 2. The Morgan fingerprint density at radius 1 is 1.15 bits per heavy atom. The Morgan fingerprint density at radius 2 is 1.80 bits per heavy atom. The Hall–Kier alpha value is -2.04. The summed E-state index contributed by atoms with van der Waals surface area (Å²) >= 11 is 0. The van der Waals surface area contributed by atoms with Crippen LogP contribution in [-0.4, -0.2) is 31.0 Å². The van der Waals surface area contributed by atoms with Gasteiger partial charge in [-0.2, -0.15) is 0 Å². The number of ether oxygens (including phenoxy) is 1. The van der Waals surface area contributed by atoms with Crippen LogP contribution in [0.25, 0.3) is 0 Å². The molecule has 2 amide bonds. The largest absolute Gasteiger partial charge is 0.497 e. The molecule has 1 aromatic rings. The number of anilines is 1. The second kappa shape index (κ2) is 4.81. The lowest BCUT2D eigenvalue weighted by Crippen LogP contribution is -2.65. The fraction of sp³-hybridized carbons (Fsp3) is 0.467. The quantitative estimate of drug-likeness (QED) is 0.888. The molecule has 3 rings (SSSR count). The van der Waals surface area contributed by atoms with E-state index in [1.807, 2.05) is 12.1 Å². The highest BCUT2D eigenvalue weighted by molar-refractivity contribution is 6.09. The minimum absolute atomic E-state index is 0.0137. The van der Waals surface area contributed by atoms with Crippen LogP contribution in [0.4, 0.5) is 5.69 Å². The molecule has 0 aromatic heterocycles. The highest BCUT2D eigenvalue weighted by atomic mass is 16.5. The number of carbonyl (C=O) groups excluding carboxylic acids is 2. The molecule has 2 aliphatic rings. The number of piperazine rings is 1. The smallest absolute Gasteiger partial charge is 0.253 e. The lowest BCUT2D eigenvalue weighted by molar-refractivity contribution is -0.135. The fourth-order valence-electron chi connectivity index (χ4n) is 3.12. The Kier molecular flexibility index (Phi) is 3.12. The summed E-state index contributed by atoms with van der Waals surface area (Å²) in [5, 5.41) is 2.91. The second-order valence-corrected chi connectivity index (χ2v) is 5.43. The van der Waals surface area contributed by atoms with Crippen LogP contribution in [0.3, 0.4) is 0 Å². The lowest BCUT2D eigenvalue weighted by Gasteiger charge is -2.39. The first-order valence-electron chi connectivity index (χ1n) is 6.92. The van der Waals surface area contributed by atoms with E-state index in [9.17, 15) is 9.59 Å². The molecule has 0 radical (unpaired) electrons. The molecule has 1 N–H and O–H groups in total. The average molecular weight is 274 g/mol. The summed E-state index contributed by atoms with van der Waals surface area (Å²) in [6.45, 7) is 0.0902. The summed E-state index contributed by atoms with van der Waals surface area (Å²) in [6.07, 6.45) is 3.46. The van der Waals surface area contributed by atoms with Crippen molar-refractivity contribution >= 4 is 17.5 Å². The van der Waals surface area contributed by atoms with Crippen molar-refractivity contribution in [2.24, 2.45) is 0 Å². The molecule has 1 aliphatic carbocycles. The molecular weight excluding hydrogens is 256 g/mol. The van der Waals surface area contributed by atoms with Gasteiger partial charge in [0.25, 0.3) is 5.91 Å². The van der Waals surface area contributed by atoms with E-state index in [0.717, 1.165) is 37.1 Å². The Labute approximate surface area is 117 Å². The number of methoxy groups -OCH3 is 1. The molecule has 5 nitrogen and oxygen atoms in total. The van der Waals surface area contributed by atoms with Gasteiger partial charge >= 0.3 is 0 Å². The van der Waals surface area contributed by atoms with E-state index in [1.165, 1.54) is 0 Å². The molecular formula is C15H18N2O3. The number of hydrogen-bond donors (Lipinski definition) is 1. The first-order chi connectivity index (χ1) is 9.64. The second-order valence-electron chi connectivity index (χ2n) is 5.43. The minimum atomic E-state index is -0.671. The van der Waals surface area contributed by atoms with Crippen LogP contribution < -0.4 is 15.0 Å². The third-order valence-electron chi connectivity index (χ3n) is 4.18. The zero-order valence-corrected chi connectivity index (χ0v) is 11.5. The zero-order chi connectivity index (χ0) is 14.2. The molecule has 1 spiro atoms. The first-order valence-corrected chi connectivity index (χ1v) is 6.92. The van der Waals surface area contributed by atoms with Gasteiger partial charge in [-0.15, -0.1) is 0 Å². The Balaban J connectivity index is 1.91. The van der Waals surface area contributed by atoms with Crippen LogP contribution in [0.15, 0.2) is 24.3 Å². The number of benzene rings is 1. The van der Waals surface area contributed by atoms with E-state index >= 15 is 0 Å². The van der Waals surface area contributed by atoms with Crippen molar-refractivity contribution in [3.8, 4) is 5.75 Å². The molecule has 0 unspecified atom stereocenters. The predicted octanol–water partition coefficient (Wildman–Crippen LogP) is 1.47. The van der Waals surface area contributed by atoms with E-state index in [0.29, 0.717) is 0 Å². The van der Waals surface area contributed by atoms with E-state index < -0.39 is 5.54 Å². The summed E-state index contributed by atoms with van der Waals surface area (Å²) in [5.41, 5.74) is 0.0758. The van der Waals surface area contributed by atoms with E-state index in [4.69, 9.17) is 4.74 Å². The van der Waals surface area contributed by atoms with Gasteiger partial charge in [0.1, 0.15) is 17.8 Å². The molecule has 1 aromatic carbocycles. The summed E-state index contributed by atoms with van der Waals surface area (Å²) < 4.78 is 5.12. The van der Waals surface area contributed by atoms with Crippen molar-refractivity contribution in [2.45, 2.75) is 31.2 Å². The third kappa shape index (κ3) is 2.03. The van der Waals surface area contributed by atoms with Crippen molar-refractivity contribution < 1.29 is 14.3 Å². The molecule has 20 heavy (non-hydrogen) atoms. The number of amides is 2. The average Bonchev–Trinajstić information content (AvgIpc) is 2.92. The molecule has 0 atom stereocenters. The summed E-state index contributed by atoms with van der Waals surface area (Å²) in [4.78, 5) is 26.3. The molecule has 2 fully saturated rings. The molecule has 1 heterocycles. The van der Waals surface area contributed by atoms with Crippen molar-refractivity contribution in [1.29, 1.82) is 0 Å². The normalized spacial score (nSPS) is 21.1. The maximum absolute atomic E-state index is 12.7. The number of nitrogens with one attached hydrogen (secondary N) is 1. The summed E-state index contributed by atoms with van der Waals surface area (Å²) in [7, 11) is 1.60. The maximum atomic E-state index is 12.7. The van der Waals surface area contributed by atoms with Gasteiger partial charge in [0.2, 0.25) is 5.91 Å². The molecule has 5 heteroatoms. The van der Waals surface area contributed by atoms with Crippen LogP contribution in [-0.2, 0) is 9.59 Å². The number of hydrogen-bond acceptors (Lipinski definition) is 3. The first kappa shape index (κ1) is 13.0. The highest BCUT2D eigenvalue weighted by Gasteiger charge is 2.48. The van der Waals surface area contributed by atoms with Crippen LogP contribution in [0.1, 0.15) is 25.7 Å². The van der Waals surface area contributed by atoms with Gasteiger partial charge in [-0.05, 0) is 37.1 Å². The molecule has 1 saturated heterocycles. The fourth-order valence-corrected chi connectivity index (χ4v) is 3.12. The van der Waals surface area contributed by atoms with Crippen molar-refractivity contribution in [3.05, 3.63) is 24.3 Å². The minimum Gasteiger partial charge on any atom is -0.497 e. The van der Waals surface area contributed by atoms with Gasteiger partial charge in [0.05, 0.1) is 7.11 Å². The van der Waals surface area contributed by atoms with Crippen molar-refractivity contribution in [2.75, 3.05) is 18.6 Å². The topological polar surface area (TPSA) is 58.6 Å². The van der Waals surface area contributed by atoms with Gasteiger partial charge in [-0.1, -0.05) is 12.8 Å². The van der Waals surface area contributed by atoms with Gasteiger partial charge in [-0.25, -0.2) is 0 Å². The SMILES string of the molecule is COc1ccc(N2CC(=O)NC3(CCCC3)C2=O)cc1. The molecule has 106 valence electrons. The number of carbonyl (C=O) groups is 2. The maximum Gasteiger partial charge on any atom is 0.253 e. The van der Waals surface area contributed by atoms with Crippen LogP contribution in [0.2, 0.25) is 0 Å². The zero-order valence-electron chi connectivity index (χ0n) is 11.5. The lowest BCUT2D eigenvalue weighted by atomic mass is 9.92. The third-order valence-corrected chi connectivity index (χ3v) is 4.18. The van der Waals surface area contributed by atoms with Crippen LogP contribution in [0, 0.1) is 0 Å². The molecule has 1 aliphatic heterocycles. The van der Waals surface area contributed by atoms with Crippen molar-refractivity contribution in [3.63, 3.8) is 0 Å². The summed E-state index contributed by atoms with van der Waals surface area (Å²) in [5.74, 6) is 0.667. The van der Waals surface area contributed by atoms with E-state index in [2.05, 4.69) is 5.32 Å². The summed E-state index contributed by atoms with van der Waals surface area (Å²) in [6, 6.07) is 7.24. The highest BCUT2D eigenvalue weighted by Crippen LogP contribution is 2.35. The van der Waals surface area contributed by atoms with Gasteiger partial charge in [0, 0.05) is 5.69 Å². The van der Waals surface area contributed by atoms with Crippen LogP contribution in [0.5, 0.6) is 5.75 Å². The number of nitrogens with zero attached hydrogens (tertiary/aromatic N) is 1. The Morgan fingerprint density at radius 3 is 2.40 bits per heavy atom. The standard InChI is InChI=1S/C15H18N2O3/c1-20-12-6-4-11(5-7-12)17-10-13(18)16-15(14(17)19)8-2-3-9-15/h4-7H,2-3,8-10H2,1H3,(H,16,18). The predicted molar refractivity (Wildman–Crippen MR) is 74.7 cm³/mol. The van der Waals surface area contributed by atoms with Crippen molar-refractivity contribution in [1.82, 2.24) is 5.32 Å². The van der Waals surface area contributed by atoms with E-state index in [-0.39, 0.29) is 18.4 Å². The van der Waals surface area contributed by atoms with Gasteiger partial charge < -0.3 is 15.0 Å². The Bertz CT molecular complexity index is 533. The molecule has 0 bridgehead atoms. The van der Waals surface area contributed by atoms with Gasteiger partial charge in [0.15, 0.2) is 0 Å².